The Kier molecular flexibility index (Phi) is 4.44. The third-order valence-corrected chi connectivity index (χ3v) is 5.35. The van der Waals surface area contributed by atoms with E-state index >= 15 is 0 Å². The van der Waals surface area contributed by atoms with E-state index in [1.807, 2.05) is 29.0 Å². The Labute approximate surface area is 168 Å². The van der Waals surface area contributed by atoms with E-state index in [-0.39, 0.29) is 5.82 Å². The van der Waals surface area contributed by atoms with Crippen molar-refractivity contribution in [2.75, 3.05) is 38.1 Å². The summed E-state index contributed by atoms with van der Waals surface area (Å²) in [5, 5.41) is 4.84. The Balaban J connectivity index is 1.65. The normalized spacial score (nSPS) is 15.2. The molecule has 0 atom stereocenters. The molecule has 1 saturated heterocycles. The van der Waals surface area contributed by atoms with Crippen LogP contribution in [0.3, 0.4) is 0 Å². The predicted molar refractivity (Wildman–Crippen MR) is 111 cm³/mol. The number of nitrogens with zero attached hydrogens (tertiary/aromatic N) is 6. The molecule has 6 nitrogen and oxygen atoms in total. The highest BCUT2D eigenvalue weighted by Gasteiger charge is 2.19. The van der Waals surface area contributed by atoms with Crippen molar-refractivity contribution in [1.82, 2.24) is 24.5 Å². The molecular formula is C22H21FN6. The summed E-state index contributed by atoms with van der Waals surface area (Å²) in [5.74, 6) is 0.663. The van der Waals surface area contributed by atoms with Crippen LogP contribution in [0.1, 0.15) is 0 Å². The Morgan fingerprint density at radius 2 is 1.76 bits per heavy atom. The minimum Gasteiger partial charge on any atom is -0.353 e. The summed E-state index contributed by atoms with van der Waals surface area (Å²) in [7, 11) is 2.14. The number of fused-ring (bicyclic) bond motifs is 1. The van der Waals surface area contributed by atoms with Gasteiger partial charge in [0.25, 0.3) is 0 Å². The molecule has 4 heterocycles. The molecule has 1 aliphatic heterocycles. The summed E-state index contributed by atoms with van der Waals surface area (Å²) >= 11 is 0. The van der Waals surface area contributed by atoms with E-state index in [1.165, 1.54) is 12.1 Å². The van der Waals surface area contributed by atoms with Crippen molar-refractivity contribution in [3.8, 4) is 22.4 Å². The second-order valence-electron chi connectivity index (χ2n) is 7.35. The van der Waals surface area contributed by atoms with E-state index in [0.717, 1.165) is 60.0 Å². The summed E-state index contributed by atoms with van der Waals surface area (Å²) in [6.07, 6.45) is 5.51. The topological polar surface area (TPSA) is 49.6 Å². The van der Waals surface area contributed by atoms with E-state index < -0.39 is 0 Å². The first-order valence-electron chi connectivity index (χ1n) is 9.68. The van der Waals surface area contributed by atoms with E-state index in [9.17, 15) is 4.39 Å². The molecule has 0 aliphatic carbocycles. The average Bonchev–Trinajstić information content (AvgIpc) is 3.19. The second kappa shape index (κ2) is 7.25. The second-order valence-corrected chi connectivity index (χ2v) is 7.35. The van der Waals surface area contributed by atoms with Crippen molar-refractivity contribution in [3.63, 3.8) is 0 Å². The molecule has 0 bridgehead atoms. The number of rotatable bonds is 3. The fraction of sp³-hybridized carbons (Fsp3) is 0.227. The molecule has 1 fully saturated rings. The average molecular weight is 388 g/mol. The van der Waals surface area contributed by atoms with Crippen molar-refractivity contribution in [3.05, 3.63) is 66.9 Å². The number of benzene rings is 1. The number of imidazole rings is 1. The maximum atomic E-state index is 13.3. The van der Waals surface area contributed by atoms with Crippen LogP contribution >= 0.6 is 0 Å². The predicted octanol–water partition coefficient (Wildman–Crippen LogP) is 3.35. The van der Waals surface area contributed by atoms with E-state index in [1.54, 1.807) is 18.3 Å². The molecule has 1 aliphatic rings. The molecule has 146 valence electrons. The fourth-order valence-corrected chi connectivity index (χ4v) is 3.65. The number of aromatic nitrogens is 4. The number of hydrogen-bond donors (Lipinski definition) is 0. The van der Waals surface area contributed by atoms with Crippen LogP contribution in [0.15, 0.2) is 61.1 Å². The molecule has 3 aromatic heterocycles. The summed E-state index contributed by atoms with van der Waals surface area (Å²) < 4.78 is 15.2. The Morgan fingerprint density at radius 3 is 2.48 bits per heavy atom. The Hall–Kier alpha value is -3.32. The van der Waals surface area contributed by atoms with Gasteiger partial charge in [-0.2, -0.15) is 0 Å². The van der Waals surface area contributed by atoms with Gasteiger partial charge in [-0.05, 0) is 43.4 Å². The molecule has 0 radical (unpaired) electrons. The highest BCUT2D eigenvalue weighted by Crippen LogP contribution is 2.29. The van der Waals surface area contributed by atoms with Gasteiger partial charge in [0.15, 0.2) is 5.65 Å². The van der Waals surface area contributed by atoms with Gasteiger partial charge in [0, 0.05) is 55.3 Å². The molecule has 4 aromatic rings. The zero-order chi connectivity index (χ0) is 19.8. The van der Waals surface area contributed by atoms with Crippen LogP contribution in [-0.2, 0) is 0 Å². The number of halogens is 1. The minimum absolute atomic E-state index is 0.260. The monoisotopic (exact) mass is 388 g/mol. The standard InChI is InChI=1S/C22H21FN6/c1-27-9-11-28(12-10-27)21-13-19(17-3-2-8-24-14-17)22-25-20(15-29(22)26-21)16-4-6-18(23)7-5-16/h2-8,13-15H,9-12H2,1H3. The minimum atomic E-state index is -0.260. The van der Waals surface area contributed by atoms with Gasteiger partial charge in [0.05, 0.1) is 11.9 Å². The van der Waals surface area contributed by atoms with Gasteiger partial charge in [0.1, 0.15) is 11.6 Å². The van der Waals surface area contributed by atoms with Gasteiger partial charge in [-0.1, -0.05) is 6.07 Å². The number of piperazine rings is 1. The summed E-state index contributed by atoms with van der Waals surface area (Å²) in [4.78, 5) is 13.7. The van der Waals surface area contributed by atoms with Crippen LogP contribution in [0.4, 0.5) is 10.2 Å². The number of likely N-dealkylation sites (N-methyl/N-ethyl adjacent to an activating group) is 1. The maximum Gasteiger partial charge on any atom is 0.162 e. The summed E-state index contributed by atoms with van der Waals surface area (Å²) in [5.41, 5.74) is 4.35. The van der Waals surface area contributed by atoms with Gasteiger partial charge >= 0.3 is 0 Å². The van der Waals surface area contributed by atoms with Crippen molar-refractivity contribution in [1.29, 1.82) is 0 Å². The lowest BCUT2D eigenvalue weighted by atomic mass is 10.1. The van der Waals surface area contributed by atoms with Crippen molar-refractivity contribution >= 4 is 11.5 Å². The summed E-state index contributed by atoms with van der Waals surface area (Å²) in [6, 6.07) is 12.4. The molecule has 0 amide bonds. The first-order valence-corrected chi connectivity index (χ1v) is 9.68. The van der Waals surface area contributed by atoms with E-state index in [4.69, 9.17) is 10.1 Å². The lowest BCUT2D eigenvalue weighted by Crippen LogP contribution is -2.45. The van der Waals surface area contributed by atoms with Crippen molar-refractivity contribution in [2.45, 2.75) is 0 Å². The molecule has 29 heavy (non-hydrogen) atoms. The highest BCUT2D eigenvalue weighted by atomic mass is 19.1. The van der Waals surface area contributed by atoms with Crippen molar-refractivity contribution in [2.24, 2.45) is 0 Å². The van der Waals surface area contributed by atoms with Crippen LogP contribution in [-0.4, -0.2) is 57.7 Å². The summed E-state index contributed by atoms with van der Waals surface area (Å²) in [6.45, 7) is 3.88. The fourth-order valence-electron chi connectivity index (χ4n) is 3.65. The lowest BCUT2D eigenvalue weighted by molar-refractivity contribution is 0.311. The largest absolute Gasteiger partial charge is 0.353 e. The molecule has 0 saturated carbocycles. The van der Waals surface area contributed by atoms with Gasteiger partial charge in [-0.25, -0.2) is 13.9 Å². The molecule has 1 aromatic carbocycles. The van der Waals surface area contributed by atoms with Crippen LogP contribution in [0.25, 0.3) is 28.0 Å². The number of hydrogen-bond acceptors (Lipinski definition) is 5. The zero-order valence-corrected chi connectivity index (χ0v) is 16.2. The molecular weight excluding hydrogens is 367 g/mol. The molecule has 5 rings (SSSR count). The van der Waals surface area contributed by atoms with Gasteiger partial charge in [-0.3, -0.25) is 4.98 Å². The first kappa shape index (κ1) is 17.8. The SMILES string of the molecule is CN1CCN(c2cc(-c3cccnc3)c3nc(-c4ccc(F)cc4)cn3n2)CC1. The van der Waals surface area contributed by atoms with Crippen molar-refractivity contribution < 1.29 is 4.39 Å². The Morgan fingerprint density at radius 1 is 0.966 bits per heavy atom. The third-order valence-electron chi connectivity index (χ3n) is 5.35. The van der Waals surface area contributed by atoms with Crippen LogP contribution < -0.4 is 4.90 Å². The molecule has 0 spiro atoms. The third kappa shape index (κ3) is 3.45. The lowest BCUT2D eigenvalue weighted by Gasteiger charge is -2.33. The van der Waals surface area contributed by atoms with E-state index in [2.05, 4.69) is 27.9 Å². The number of anilines is 1. The zero-order valence-electron chi connectivity index (χ0n) is 16.2. The quantitative estimate of drug-likeness (QED) is 0.539. The van der Waals surface area contributed by atoms with Gasteiger partial charge in [0.2, 0.25) is 0 Å². The van der Waals surface area contributed by atoms with E-state index in [0.29, 0.717) is 0 Å². The molecule has 0 unspecified atom stereocenters. The van der Waals surface area contributed by atoms with Crippen LogP contribution in [0, 0.1) is 5.82 Å². The first-order chi connectivity index (χ1) is 14.2. The highest BCUT2D eigenvalue weighted by molar-refractivity contribution is 5.81. The van der Waals surface area contributed by atoms with Crippen LogP contribution in [0.5, 0.6) is 0 Å². The van der Waals surface area contributed by atoms with Gasteiger partial charge in [-0.15, -0.1) is 5.10 Å². The Bertz CT molecular complexity index is 1130. The number of pyridine rings is 1. The van der Waals surface area contributed by atoms with Crippen LogP contribution in [0.2, 0.25) is 0 Å². The smallest absolute Gasteiger partial charge is 0.162 e. The molecule has 0 N–H and O–H groups in total. The van der Waals surface area contributed by atoms with Gasteiger partial charge < -0.3 is 9.80 Å². The maximum absolute atomic E-state index is 13.3. The molecule has 7 heteroatoms.